The third kappa shape index (κ3) is 5.55. The summed E-state index contributed by atoms with van der Waals surface area (Å²) < 4.78 is 0. The maximum atomic E-state index is 12.0. The molecule has 1 rings (SSSR count). The van der Waals surface area contributed by atoms with Crippen LogP contribution in [0.5, 0.6) is 0 Å². The summed E-state index contributed by atoms with van der Waals surface area (Å²) in [6, 6.07) is 8.72. The number of amides is 2. The standard InChI is InChI=1S/C16H25N3O2/c1-11(19-15(21)16(2,3)4)14(20)18-10-13(17)12-8-6-5-7-9-12/h5-9,11,13H,10,17H2,1-4H3,(H,18,20)(H,19,21). The highest BCUT2D eigenvalue weighted by atomic mass is 16.2. The van der Waals surface area contributed by atoms with Gasteiger partial charge < -0.3 is 16.4 Å². The molecule has 116 valence electrons. The topological polar surface area (TPSA) is 84.2 Å². The highest BCUT2D eigenvalue weighted by Gasteiger charge is 2.25. The zero-order valence-corrected chi connectivity index (χ0v) is 13.1. The number of hydrogen-bond donors (Lipinski definition) is 3. The van der Waals surface area contributed by atoms with E-state index in [-0.39, 0.29) is 17.9 Å². The molecular weight excluding hydrogens is 266 g/mol. The number of nitrogens with two attached hydrogens (primary N) is 1. The average molecular weight is 291 g/mol. The smallest absolute Gasteiger partial charge is 0.242 e. The Labute approximate surface area is 126 Å². The van der Waals surface area contributed by atoms with Crippen molar-refractivity contribution >= 4 is 11.8 Å². The summed E-state index contributed by atoms with van der Waals surface area (Å²) in [6.07, 6.45) is 0. The fourth-order valence-corrected chi connectivity index (χ4v) is 1.66. The molecule has 0 heterocycles. The lowest BCUT2D eigenvalue weighted by molar-refractivity contribution is -0.133. The molecule has 5 nitrogen and oxygen atoms in total. The third-order valence-electron chi connectivity index (χ3n) is 3.15. The van der Waals surface area contributed by atoms with E-state index in [1.807, 2.05) is 30.3 Å². The molecule has 0 aromatic heterocycles. The van der Waals surface area contributed by atoms with E-state index in [2.05, 4.69) is 10.6 Å². The maximum Gasteiger partial charge on any atom is 0.242 e. The van der Waals surface area contributed by atoms with Gasteiger partial charge in [0.15, 0.2) is 0 Å². The zero-order valence-electron chi connectivity index (χ0n) is 13.1. The fourth-order valence-electron chi connectivity index (χ4n) is 1.66. The van der Waals surface area contributed by atoms with Crippen molar-refractivity contribution in [1.29, 1.82) is 0 Å². The molecule has 2 atom stereocenters. The molecule has 5 heteroatoms. The first-order chi connectivity index (χ1) is 9.71. The summed E-state index contributed by atoms with van der Waals surface area (Å²) in [5, 5.41) is 5.45. The first-order valence-electron chi connectivity index (χ1n) is 7.11. The summed E-state index contributed by atoms with van der Waals surface area (Å²) in [7, 11) is 0. The van der Waals surface area contributed by atoms with Gasteiger partial charge in [-0.2, -0.15) is 0 Å². The molecule has 1 aromatic rings. The predicted molar refractivity (Wildman–Crippen MR) is 83.4 cm³/mol. The van der Waals surface area contributed by atoms with E-state index in [0.29, 0.717) is 6.54 Å². The van der Waals surface area contributed by atoms with Gasteiger partial charge in [-0.1, -0.05) is 51.1 Å². The highest BCUT2D eigenvalue weighted by Crippen LogP contribution is 2.13. The first-order valence-corrected chi connectivity index (χ1v) is 7.11. The molecule has 4 N–H and O–H groups in total. The highest BCUT2D eigenvalue weighted by molar-refractivity contribution is 5.89. The van der Waals surface area contributed by atoms with Crippen LogP contribution in [0.2, 0.25) is 0 Å². The van der Waals surface area contributed by atoms with Crippen LogP contribution in [0.4, 0.5) is 0 Å². The van der Waals surface area contributed by atoms with Gasteiger partial charge in [0.05, 0.1) is 0 Å². The fraction of sp³-hybridized carbons (Fsp3) is 0.500. The summed E-state index contributed by atoms with van der Waals surface area (Å²) in [5.74, 6) is -0.392. The summed E-state index contributed by atoms with van der Waals surface area (Å²) >= 11 is 0. The zero-order chi connectivity index (χ0) is 16.0. The molecule has 0 aliphatic heterocycles. The SMILES string of the molecule is CC(NC(=O)C(C)(C)C)C(=O)NCC(N)c1ccccc1. The Morgan fingerprint density at radius 3 is 2.29 bits per heavy atom. The molecule has 0 saturated heterocycles. The van der Waals surface area contributed by atoms with Crippen molar-refractivity contribution in [2.75, 3.05) is 6.54 Å². The average Bonchev–Trinajstić information content (AvgIpc) is 2.44. The van der Waals surface area contributed by atoms with E-state index in [1.54, 1.807) is 27.7 Å². The Morgan fingerprint density at radius 1 is 1.19 bits per heavy atom. The number of nitrogens with one attached hydrogen (secondary N) is 2. The lowest BCUT2D eigenvalue weighted by Gasteiger charge is -2.22. The lowest BCUT2D eigenvalue weighted by atomic mass is 9.95. The Hall–Kier alpha value is -1.88. The quantitative estimate of drug-likeness (QED) is 0.765. The van der Waals surface area contributed by atoms with Crippen molar-refractivity contribution in [3.8, 4) is 0 Å². The van der Waals surface area contributed by atoms with Crippen LogP contribution in [0.3, 0.4) is 0 Å². The van der Waals surface area contributed by atoms with Crippen molar-refractivity contribution in [3.63, 3.8) is 0 Å². The van der Waals surface area contributed by atoms with E-state index in [0.717, 1.165) is 5.56 Å². The molecule has 0 aliphatic carbocycles. The minimum Gasteiger partial charge on any atom is -0.352 e. The summed E-state index contributed by atoms with van der Waals surface area (Å²) in [6.45, 7) is 7.40. The van der Waals surface area contributed by atoms with Crippen LogP contribution >= 0.6 is 0 Å². The number of carbonyl (C=O) groups excluding carboxylic acids is 2. The van der Waals surface area contributed by atoms with Crippen molar-refractivity contribution in [2.45, 2.75) is 39.8 Å². The number of benzene rings is 1. The number of rotatable bonds is 5. The van der Waals surface area contributed by atoms with Gasteiger partial charge in [-0.15, -0.1) is 0 Å². The van der Waals surface area contributed by atoms with Crippen LogP contribution in [-0.2, 0) is 9.59 Å². The Kier molecular flexibility index (Phi) is 5.90. The molecule has 1 aromatic carbocycles. The first kappa shape index (κ1) is 17.2. The number of carbonyl (C=O) groups is 2. The van der Waals surface area contributed by atoms with E-state index in [9.17, 15) is 9.59 Å². The molecule has 0 bridgehead atoms. The maximum absolute atomic E-state index is 12.0. The Morgan fingerprint density at radius 2 is 1.76 bits per heavy atom. The third-order valence-corrected chi connectivity index (χ3v) is 3.15. The van der Waals surface area contributed by atoms with E-state index in [4.69, 9.17) is 5.73 Å². The van der Waals surface area contributed by atoms with E-state index < -0.39 is 11.5 Å². The molecule has 0 fully saturated rings. The molecular formula is C16H25N3O2. The predicted octanol–water partition coefficient (Wildman–Crippen LogP) is 1.35. The van der Waals surface area contributed by atoms with Gasteiger partial charge in [0.1, 0.15) is 6.04 Å². The second-order valence-corrected chi connectivity index (χ2v) is 6.21. The van der Waals surface area contributed by atoms with Crippen molar-refractivity contribution in [3.05, 3.63) is 35.9 Å². The Balaban J connectivity index is 2.45. The summed E-state index contributed by atoms with van der Waals surface area (Å²) in [4.78, 5) is 23.8. The molecule has 2 amide bonds. The van der Waals surface area contributed by atoms with Gasteiger partial charge in [-0.05, 0) is 12.5 Å². The monoisotopic (exact) mass is 291 g/mol. The van der Waals surface area contributed by atoms with Crippen molar-refractivity contribution < 1.29 is 9.59 Å². The van der Waals surface area contributed by atoms with Crippen molar-refractivity contribution in [1.82, 2.24) is 10.6 Å². The molecule has 0 saturated carbocycles. The van der Waals surface area contributed by atoms with Gasteiger partial charge >= 0.3 is 0 Å². The molecule has 0 radical (unpaired) electrons. The Bertz CT molecular complexity index is 480. The molecule has 2 unspecified atom stereocenters. The van der Waals surface area contributed by atoms with E-state index in [1.165, 1.54) is 0 Å². The minimum absolute atomic E-state index is 0.155. The molecule has 21 heavy (non-hydrogen) atoms. The van der Waals surface area contributed by atoms with Crippen LogP contribution in [0.15, 0.2) is 30.3 Å². The second-order valence-electron chi connectivity index (χ2n) is 6.21. The normalized spacial score (nSPS) is 14.1. The van der Waals surface area contributed by atoms with Crippen LogP contribution in [0, 0.1) is 5.41 Å². The second kappa shape index (κ2) is 7.22. The van der Waals surface area contributed by atoms with E-state index >= 15 is 0 Å². The molecule has 0 spiro atoms. The summed E-state index contributed by atoms with van der Waals surface area (Å²) in [5.41, 5.74) is 6.46. The van der Waals surface area contributed by atoms with Crippen LogP contribution < -0.4 is 16.4 Å². The van der Waals surface area contributed by atoms with Crippen LogP contribution in [0.1, 0.15) is 39.3 Å². The van der Waals surface area contributed by atoms with Crippen molar-refractivity contribution in [2.24, 2.45) is 11.1 Å². The molecule has 0 aliphatic rings. The van der Waals surface area contributed by atoms with Gasteiger partial charge in [-0.3, -0.25) is 9.59 Å². The van der Waals surface area contributed by atoms with Crippen LogP contribution in [-0.4, -0.2) is 24.4 Å². The minimum atomic E-state index is -0.584. The van der Waals surface area contributed by atoms with Gasteiger partial charge in [0, 0.05) is 18.0 Å². The lowest BCUT2D eigenvalue weighted by Crippen LogP contribution is -2.49. The van der Waals surface area contributed by atoms with Gasteiger partial charge in [-0.25, -0.2) is 0 Å². The van der Waals surface area contributed by atoms with Gasteiger partial charge in [0.25, 0.3) is 0 Å². The largest absolute Gasteiger partial charge is 0.352 e. The number of hydrogen-bond acceptors (Lipinski definition) is 3. The van der Waals surface area contributed by atoms with Crippen LogP contribution in [0.25, 0.3) is 0 Å². The van der Waals surface area contributed by atoms with Gasteiger partial charge in [0.2, 0.25) is 11.8 Å².